The number of carbonyl (C=O) groups is 1. The van der Waals surface area contributed by atoms with Gasteiger partial charge in [-0.05, 0) is 43.9 Å². The van der Waals surface area contributed by atoms with Crippen molar-refractivity contribution in [2.45, 2.75) is 13.0 Å². The standard InChI is InChI=1S/C22H23BrFN3OS/c1-26(2)10-11-27(14-16-6-8-19(24)9-7-16)21(28)13-20-15-29-22(25-20)17-4-3-5-18(23)12-17/h3-9,12,15H,10-11,13-14H2,1-2H3. The van der Waals surface area contributed by atoms with Gasteiger partial charge in [0.05, 0.1) is 12.1 Å². The van der Waals surface area contributed by atoms with Crippen LogP contribution in [0.3, 0.4) is 0 Å². The molecular formula is C22H23BrFN3OS. The van der Waals surface area contributed by atoms with Crippen molar-refractivity contribution in [3.8, 4) is 10.6 Å². The molecule has 0 aliphatic rings. The predicted molar refractivity (Wildman–Crippen MR) is 119 cm³/mol. The molecule has 2 aromatic carbocycles. The summed E-state index contributed by atoms with van der Waals surface area (Å²) >= 11 is 5.02. The van der Waals surface area contributed by atoms with E-state index in [1.54, 1.807) is 12.1 Å². The van der Waals surface area contributed by atoms with E-state index in [1.165, 1.54) is 23.5 Å². The number of carbonyl (C=O) groups excluding carboxylic acids is 1. The van der Waals surface area contributed by atoms with Crippen LogP contribution in [-0.2, 0) is 17.8 Å². The summed E-state index contributed by atoms with van der Waals surface area (Å²) in [5, 5.41) is 2.84. The Hall–Kier alpha value is -2.09. The number of halogens is 2. The second-order valence-electron chi connectivity index (χ2n) is 7.08. The number of aromatic nitrogens is 1. The second kappa shape index (κ2) is 10.1. The van der Waals surface area contributed by atoms with E-state index in [4.69, 9.17) is 0 Å². The van der Waals surface area contributed by atoms with E-state index in [2.05, 4.69) is 20.9 Å². The summed E-state index contributed by atoms with van der Waals surface area (Å²) in [5.74, 6) is -0.260. The van der Waals surface area contributed by atoms with Crippen molar-refractivity contribution in [3.63, 3.8) is 0 Å². The van der Waals surface area contributed by atoms with E-state index in [1.807, 2.05) is 53.5 Å². The Balaban J connectivity index is 1.71. The molecule has 0 bridgehead atoms. The molecule has 0 saturated heterocycles. The molecule has 0 radical (unpaired) electrons. The van der Waals surface area contributed by atoms with Gasteiger partial charge >= 0.3 is 0 Å². The van der Waals surface area contributed by atoms with Gasteiger partial charge in [0.15, 0.2) is 0 Å². The van der Waals surface area contributed by atoms with Crippen LogP contribution in [-0.4, -0.2) is 47.9 Å². The van der Waals surface area contributed by atoms with Gasteiger partial charge in [0.25, 0.3) is 0 Å². The molecule has 152 valence electrons. The van der Waals surface area contributed by atoms with E-state index in [0.717, 1.165) is 32.8 Å². The fraction of sp³-hybridized carbons (Fsp3) is 0.273. The highest BCUT2D eigenvalue weighted by Gasteiger charge is 2.17. The van der Waals surface area contributed by atoms with Gasteiger partial charge in [0, 0.05) is 35.1 Å². The minimum atomic E-state index is -0.275. The molecule has 0 aliphatic carbocycles. The van der Waals surface area contributed by atoms with E-state index >= 15 is 0 Å². The Morgan fingerprint density at radius 1 is 1.14 bits per heavy atom. The molecule has 0 unspecified atom stereocenters. The molecular weight excluding hydrogens is 453 g/mol. The predicted octanol–water partition coefficient (Wildman–Crippen LogP) is 4.84. The van der Waals surface area contributed by atoms with Crippen LogP contribution < -0.4 is 0 Å². The third-order valence-electron chi connectivity index (χ3n) is 4.41. The number of amides is 1. The normalized spacial score (nSPS) is 11.1. The molecule has 0 spiro atoms. The summed E-state index contributed by atoms with van der Waals surface area (Å²) in [6.45, 7) is 1.81. The first-order valence-electron chi connectivity index (χ1n) is 9.28. The molecule has 0 fully saturated rings. The number of hydrogen-bond donors (Lipinski definition) is 0. The topological polar surface area (TPSA) is 36.4 Å². The van der Waals surface area contributed by atoms with E-state index in [9.17, 15) is 9.18 Å². The van der Waals surface area contributed by atoms with Crippen LogP contribution >= 0.6 is 27.3 Å². The lowest BCUT2D eigenvalue weighted by Crippen LogP contribution is -2.37. The SMILES string of the molecule is CN(C)CCN(Cc1ccc(F)cc1)C(=O)Cc1csc(-c2cccc(Br)c2)n1. The highest BCUT2D eigenvalue weighted by atomic mass is 79.9. The largest absolute Gasteiger partial charge is 0.337 e. The molecule has 0 saturated carbocycles. The second-order valence-corrected chi connectivity index (χ2v) is 8.85. The van der Waals surface area contributed by atoms with Gasteiger partial charge in [-0.2, -0.15) is 0 Å². The monoisotopic (exact) mass is 475 g/mol. The van der Waals surface area contributed by atoms with Crippen LogP contribution in [0.4, 0.5) is 4.39 Å². The molecule has 0 atom stereocenters. The van der Waals surface area contributed by atoms with Crippen molar-refractivity contribution in [1.82, 2.24) is 14.8 Å². The molecule has 1 aromatic heterocycles. The van der Waals surface area contributed by atoms with Crippen molar-refractivity contribution in [2.24, 2.45) is 0 Å². The summed E-state index contributed by atoms with van der Waals surface area (Å²) in [6, 6.07) is 14.3. The smallest absolute Gasteiger partial charge is 0.228 e. The van der Waals surface area contributed by atoms with Crippen molar-refractivity contribution in [1.29, 1.82) is 0 Å². The number of rotatable bonds is 8. The minimum Gasteiger partial charge on any atom is -0.337 e. The molecule has 7 heteroatoms. The number of hydrogen-bond acceptors (Lipinski definition) is 4. The van der Waals surface area contributed by atoms with Crippen LogP contribution in [0.15, 0.2) is 58.4 Å². The fourth-order valence-electron chi connectivity index (χ4n) is 2.83. The molecule has 3 rings (SSSR count). The lowest BCUT2D eigenvalue weighted by Gasteiger charge is -2.24. The third kappa shape index (κ3) is 6.45. The summed E-state index contributed by atoms with van der Waals surface area (Å²) in [6.07, 6.45) is 0.249. The average Bonchev–Trinajstić information content (AvgIpc) is 3.15. The van der Waals surface area contributed by atoms with E-state index in [-0.39, 0.29) is 18.1 Å². The molecule has 3 aromatic rings. The molecule has 1 heterocycles. The number of benzene rings is 2. The molecule has 0 N–H and O–H groups in total. The first kappa shape index (κ1) is 21.6. The Kier molecular flexibility index (Phi) is 7.52. The summed E-state index contributed by atoms with van der Waals surface area (Å²) < 4.78 is 14.2. The van der Waals surface area contributed by atoms with E-state index in [0.29, 0.717) is 13.1 Å². The van der Waals surface area contributed by atoms with Crippen molar-refractivity contribution >= 4 is 33.2 Å². The Morgan fingerprint density at radius 3 is 2.59 bits per heavy atom. The van der Waals surface area contributed by atoms with Crippen LogP contribution in [0.2, 0.25) is 0 Å². The van der Waals surface area contributed by atoms with Crippen LogP contribution in [0.1, 0.15) is 11.3 Å². The zero-order valence-corrected chi connectivity index (χ0v) is 18.8. The maximum absolute atomic E-state index is 13.2. The lowest BCUT2D eigenvalue weighted by molar-refractivity contribution is -0.131. The van der Waals surface area contributed by atoms with Crippen LogP contribution in [0, 0.1) is 5.82 Å². The third-order valence-corrected chi connectivity index (χ3v) is 5.85. The average molecular weight is 476 g/mol. The first-order chi connectivity index (χ1) is 13.9. The molecule has 0 aliphatic heterocycles. The van der Waals surface area contributed by atoms with Gasteiger partial charge in [-0.1, -0.05) is 40.2 Å². The van der Waals surface area contributed by atoms with Gasteiger partial charge in [0.1, 0.15) is 10.8 Å². The zero-order valence-electron chi connectivity index (χ0n) is 16.4. The zero-order chi connectivity index (χ0) is 20.8. The van der Waals surface area contributed by atoms with Gasteiger partial charge in [-0.3, -0.25) is 4.79 Å². The summed E-state index contributed by atoms with van der Waals surface area (Å²) in [7, 11) is 3.95. The van der Waals surface area contributed by atoms with Crippen LogP contribution in [0.25, 0.3) is 10.6 Å². The van der Waals surface area contributed by atoms with Crippen LogP contribution in [0.5, 0.6) is 0 Å². The van der Waals surface area contributed by atoms with E-state index < -0.39 is 0 Å². The molecule has 1 amide bonds. The highest BCUT2D eigenvalue weighted by Crippen LogP contribution is 2.26. The van der Waals surface area contributed by atoms with Gasteiger partial charge in [-0.25, -0.2) is 9.37 Å². The molecule has 4 nitrogen and oxygen atoms in total. The van der Waals surface area contributed by atoms with Crippen molar-refractivity contribution in [2.75, 3.05) is 27.2 Å². The number of likely N-dealkylation sites (N-methyl/N-ethyl adjacent to an activating group) is 1. The minimum absolute atomic E-state index is 0.0160. The Bertz CT molecular complexity index is 959. The summed E-state index contributed by atoms with van der Waals surface area (Å²) in [4.78, 5) is 21.5. The first-order valence-corrected chi connectivity index (χ1v) is 11.0. The quantitative estimate of drug-likeness (QED) is 0.467. The summed E-state index contributed by atoms with van der Waals surface area (Å²) in [5.41, 5.74) is 2.70. The number of nitrogens with zero attached hydrogens (tertiary/aromatic N) is 3. The molecule has 29 heavy (non-hydrogen) atoms. The van der Waals surface area contributed by atoms with Crippen molar-refractivity contribution < 1.29 is 9.18 Å². The number of thiazole rings is 1. The maximum Gasteiger partial charge on any atom is 0.228 e. The Labute approximate surface area is 183 Å². The maximum atomic E-state index is 13.2. The van der Waals surface area contributed by atoms with Gasteiger partial charge in [0.2, 0.25) is 5.91 Å². The highest BCUT2D eigenvalue weighted by molar-refractivity contribution is 9.10. The van der Waals surface area contributed by atoms with Crippen molar-refractivity contribution in [3.05, 3.63) is 75.5 Å². The van der Waals surface area contributed by atoms with Gasteiger partial charge in [-0.15, -0.1) is 11.3 Å². The van der Waals surface area contributed by atoms with Gasteiger partial charge < -0.3 is 9.80 Å². The Morgan fingerprint density at radius 2 is 1.90 bits per heavy atom. The lowest BCUT2D eigenvalue weighted by atomic mass is 10.2. The fourth-order valence-corrected chi connectivity index (χ4v) is 4.05.